The molecule has 0 aromatic heterocycles. The highest BCUT2D eigenvalue weighted by molar-refractivity contribution is 6.12. The molecular formula is C25H26O5. The molecule has 4 rings (SSSR count). The minimum absolute atomic E-state index is 0.102. The lowest BCUT2D eigenvalue weighted by molar-refractivity contribution is -0.113. The van der Waals surface area contributed by atoms with Gasteiger partial charge >= 0.3 is 0 Å². The van der Waals surface area contributed by atoms with E-state index in [0.717, 1.165) is 24.0 Å². The monoisotopic (exact) mass is 406 g/mol. The van der Waals surface area contributed by atoms with Gasteiger partial charge in [-0.05, 0) is 68.4 Å². The Labute approximate surface area is 175 Å². The molecule has 2 aromatic rings. The second-order valence-electron chi connectivity index (χ2n) is 8.38. The second kappa shape index (κ2) is 7.65. The zero-order valence-electron chi connectivity index (χ0n) is 16.9. The molecule has 0 bridgehead atoms. The summed E-state index contributed by atoms with van der Waals surface area (Å²) in [7, 11) is 0. The molecule has 0 saturated heterocycles. The Balaban J connectivity index is 1.83. The predicted molar refractivity (Wildman–Crippen MR) is 114 cm³/mol. The van der Waals surface area contributed by atoms with Crippen LogP contribution in [0.2, 0.25) is 0 Å². The molecule has 0 amide bonds. The average Bonchev–Trinajstić information content (AvgIpc) is 2.74. The number of carbonyl (C=O) groups excluding carboxylic acids is 1. The van der Waals surface area contributed by atoms with Gasteiger partial charge in [0.1, 0.15) is 0 Å². The van der Waals surface area contributed by atoms with Crippen molar-refractivity contribution >= 4 is 11.9 Å². The maximum atomic E-state index is 13.1. The van der Waals surface area contributed by atoms with Crippen molar-refractivity contribution in [3.63, 3.8) is 0 Å². The van der Waals surface area contributed by atoms with Crippen molar-refractivity contribution in [3.05, 3.63) is 70.3 Å². The lowest BCUT2D eigenvalue weighted by Crippen LogP contribution is -2.46. The van der Waals surface area contributed by atoms with E-state index in [1.165, 1.54) is 12.1 Å². The van der Waals surface area contributed by atoms with Gasteiger partial charge in [-0.15, -0.1) is 0 Å². The van der Waals surface area contributed by atoms with Crippen molar-refractivity contribution in [1.29, 1.82) is 0 Å². The van der Waals surface area contributed by atoms with E-state index in [1.807, 2.05) is 37.3 Å². The number of aliphatic hydroxyl groups excluding tert-OH is 1. The highest BCUT2D eigenvalue weighted by Gasteiger charge is 2.48. The van der Waals surface area contributed by atoms with Crippen LogP contribution in [0.25, 0.3) is 6.08 Å². The molecule has 1 saturated carbocycles. The summed E-state index contributed by atoms with van der Waals surface area (Å²) in [5, 5.41) is 40.8. The Hall–Kier alpha value is -3.05. The van der Waals surface area contributed by atoms with Crippen LogP contribution in [0.5, 0.6) is 17.2 Å². The smallest absolute Gasteiger partial charge is 0.200 e. The van der Waals surface area contributed by atoms with E-state index in [1.54, 1.807) is 6.08 Å². The Kier molecular flexibility index (Phi) is 5.16. The first kappa shape index (κ1) is 20.2. The topological polar surface area (TPSA) is 98.0 Å². The van der Waals surface area contributed by atoms with Gasteiger partial charge < -0.3 is 20.4 Å². The number of rotatable bonds is 3. The molecule has 0 radical (unpaired) electrons. The lowest BCUT2D eigenvalue weighted by atomic mass is 9.57. The average molecular weight is 406 g/mol. The van der Waals surface area contributed by atoms with Gasteiger partial charge in [-0.2, -0.15) is 0 Å². The molecule has 0 aliphatic heterocycles. The molecule has 1 fully saturated rings. The highest BCUT2D eigenvalue weighted by Crippen LogP contribution is 2.53. The number of hydrogen-bond acceptors (Lipinski definition) is 5. The fourth-order valence-electron chi connectivity index (χ4n) is 5.03. The largest absolute Gasteiger partial charge is 0.504 e. The van der Waals surface area contributed by atoms with E-state index in [0.29, 0.717) is 30.4 Å². The van der Waals surface area contributed by atoms with E-state index in [9.17, 15) is 25.2 Å². The molecule has 30 heavy (non-hydrogen) atoms. The first-order valence-electron chi connectivity index (χ1n) is 10.2. The van der Waals surface area contributed by atoms with E-state index in [4.69, 9.17) is 0 Å². The van der Waals surface area contributed by atoms with Gasteiger partial charge in [0.2, 0.25) is 5.75 Å². The molecule has 156 valence electrons. The van der Waals surface area contributed by atoms with Crippen LogP contribution in [-0.4, -0.2) is 32.3 Å². The van der Waals surface area contributed by atoms with Crippen molar-refractivity contribution in [1.82, 2.24) is 0 Å². The van der Waals surface area contributed by atoms with Gasteiger partial charge in [-0.25, -0.2) is 0 Å². The SMILES string of the molecule is CC1=C2CCC[C@H](O)[C@@]2(Cc2ccccc2)C/C(=C/c2ccc(O)c(O)c2O)C1=O. The third-order valence-electron chi connectivity index (χ3n) is 6.59. The van der Waals surface area contributed by atoms with Crippen molar-refractivity contribution in [2.75, 3.05) is 0 Å². The first-order valence-corrected chi connectivity index (χ1v) is 10.2. The number of phenols is 3. The number of allylic oxidation sites excluding steroid dienone is 2. The third kappa shape index (κ3) is 3.29. The fraction of sp³-hybridized carbons (Fsp3) is 0.320. The number of fused-ring (bicyclic) bond motifs is 1. The van der Waals surface area contributed by atoms with Gasteiger partial charge in [-0.1, -0.05) is 35.9 Å². The van der Waals surface area contributed by atoms with Gasteiger partial charge in [0.05, 0.1) is 6.10 Å². The summed E-state index contributed by atoms with van der Waals surface area (Å²) in [4.78, 5) is 13.1. The van der Waals surface area contributed by atoms with Gasteiger partial charge in [0, 0.05) is 16.6 Å². The van der Waals surface area contributed by atoms with Crippen LogP contribution >= 0.6 is 0 Å². The molecule has 0 spiro atoms. The summed E-state index contributed by atoms with van der Waals surface area (Å²) in [6.45, 7) is 1.82. The zero-order chi connectivity index (χ0) is 21.5. The number of aromatic hydroxyl groups is 3. The number of Topliss-reactive ketones (excluding diaryl/α,β-unsaturated/α-hetero) is 1. The summed E-state index contributed by atoms with van der Waals surface area (Å²) in [6.07, 6.45) is 4.29. The Morgan fingerprint density at radius 3 is 2.53 bits per heavy atom. The number of hydrogen-bond donors (Lipinski definition) is 4. The molecule has 2 atom stereocenters. The zero-order valence-corrected chi connectivity index (χ0v) is 16.9. The van der Waals surface area contributed by atoms with Crippen molar-refractivity contribution < 1.29 is 25.2 Å². The van der Waals surface area contributed by atoms with Crippen molar-refractivity contribution in [2.45, 2.75) is 45.1 Å². The molecule has 5 heteroatoms. The first-order chi connectivity index (χ1) is 14.3. The molecule has 4 N–H and O–H groups in total. The van der Waals surface area contributed by atoms with Crippen LogP contribution in [0.4, 0.5) is 0 Å². The van der Waals surface area contributed by atoms with E-state index >= 15 is 0 Å². The summed E-state index contributed by atoms with van der Waals surface area (Å²) in [5.74, 6) is -1.61. The minimum Gasteiger partial charge on any atom is -0.504 e. The molecule has 0 unspecified atom stereocenters. The number of benzene rings is 2. The molecular weight excluding hydrogens is 380 g/mol. The summed E-state index contributed by atoms with van der Waals surface area (Å²) >= 11 is 0. The minimum atomic E-state index is -0.614. The van der Waals surface area contributed by atoms with Gasteiger partial charge in [0.25, 0.3) is 0 Å². The van der Waals surface area contributed by atoms with Crippen molar-refractivity contribution in [2.24, 2.45) is 5.41 Å². The molecule has 2 aromatic carbocycles. The molecule has 2 aliphatic rings. The Morgan fingerprint density at radius 2 is 1.80 bits per heavy atom. The predicted octanol–water partition coefficient (Wildman–Crippen LogP) is 4.25. The van der Waals surface area contributed by atoms with E-state index in [2.05, 4.69) is 0 Å². The van der Waals surface area contributed by atoms with Crippen molar-refractivity contribution in [3.8, 4) is 17.2 Å². The fourth-order valence-corrected chi connectivity index (χ4v) is 5.03. The summed E-state index contributed by atoms with van der Waals surface area (Å²) in [5.41, 5.74) is 2.95. The van der Waals surface area contributed by atoms with Gasteiger partial charge in [-0.3, -0.25) is 4.79 Å². The molecule has 0 heterocycles. The van der Waals surface area contributed by atoms with Crippen LogP contribution in [-0.2, 0) is 11.2 Å². The maximum Gasteiger partial charge on any atom is 0.200 e. The molecule has 2 aliphatic carbocycles. The number of aliphatic hydroxyl groups is 1. The number of ketones is 1. The summed E-state index contributed by atoms with van der Waals surface area (Å²) < 4.78 is 0. The Bertz CT molecular complexity index is 1050. The maximum absolute atomic E-state index is 13.1. The third-order valence-corrected chi connectivity index (χ3v) is 6.59. The normalized spacial score (nSPS) is 25.5. The van der Waals surface area contributed by atoms with Crippen LogP contribution in [0.1, 0.15) is 43.7 Å². The van der Waals surface area contributed by atoms with E-state index in [-0.39, 0.29) is 11.3 Å². The quantitative estimate of drug-likeness (QED) is 0.451. The Morgan fingerprint density at radius 1 is 1.07 bits per heavy atom. The summed E-state index contributed by atoms with van der Waals surface area (Å²) in [6, 6.07) is 12.7. The highest BCUT2D eigenvalue weighted by atomic mass is 16.3. The van der Waals surface area contributed by atoms with Crippen LogP contribution < -0.4 is 0 Å². The standard InChI is InChI=1S/C25H26O5/c1-15-19-8-5-9-21(27)25(19,13-16-6-3-2-4-7-16)14-18(22(15)28)12-17-10-11-20(26)24(30)23(17)29/h2-4,6-7,10-12,21,26-27,29-30H,5,8-9,13-14H2,1H3/b18-12-/t21-,25-/m0/s1. The number of carbonyl (C=O) groups is 1. The van der Waals surface area contributed by atoms with Crippen LogP contribution in [0.15, 0.2) is 59.2 Å². The molecule has 5 nitrogen and oxygen atoms in total. The van der Waals surface area contributed by atoms with Gasteiger partial charge in [0.15, 0.2) is 17.3 Å². The number of phenolic OH excluding ortho intramolecular Hbond substituents is 3. The lowest BCUT2D eigenvalue weighted by Gasteiger charge is -2.48. The van der Waals surface area contributed by atoms with Crippen LogP contribution in [0, 0.1) is 5.41 Å². The van der Waals surface area contributed by atoms with Crippen LogP contribution in [0.3, 0.4) is 0 Å². The second-order valence-corrected chi connectivity index (χ2v) is 8.38. The van der Waals surface area contributed by atoms with E-state index < -0.39 is 28.8 Å².